The number of ether oxygens (including phenoxy) is 1. The van der Waals surface area contributed by atoms with E-state index in [1.165, 1.54) is 7.11 Å². The molecule has 27 heavy (non-hydrogen) atoms. The van der Waals surface area contributed by atoms with E-state index < -0.39 is 24.0 Å². The van der Waals surface area contributed by atoms with Gasteiger partial charge in [0.05, 0.1) is 7.11 Å². The van der Waals surface area contributed by atoms with E-state index in [0.29, 0.717) is 5.56 Å². The zero-order valence-electron chi connectivity index (χ0n) is 15.0. The van der Waals surface area contributed by atoms with Crippen molar-refractivity contribution < 1.29 is 19.4 Å². The minimum Gasteiger partial charge on any atom is -0.467 e. The highest BCUT2D eigenvalue weighted by molar-refractivity contribution is 5.88. The Labute approximate surface area is 157 Å². The lowest BCUT2D eigenvalue weighted by atomic mass is 10.0. The van der Waals surface area contributed by atoms with Gasteiger partial charge in [0.15, 0.2) is 6.10 Å². The fourth-order valence-electron chi connectivity index (χ4n) is 2.97. The van der Waals surface area contributed by atoms with Gasteiger partial charge in [0, 0.05) is 6.42 Å². The summed E-state index contributed by atoms with van der Waals surface area (Å²) >= 11 is 0. The van der Waals surface area contributed by atoms with Gasteiger partial charge in [-0.25, -0.2) is 4.79 Å². The third-order valence-electron chi connectivity index (χ3n) is 4.42. The van der Waals surface area contributed by atoms with E-state index in [0.717, 1.165) is 16.3 Å². The SMILES string of the molecule is COC(=O)[C@H](Cc1ccc2ccccc2c1)NC(=O)[C@@H](O)c1ccccc1. The highest BCUT2D eigenvalue weighted by Gasteiger charge is 2.26. The molecule has 0 bridgehead atoms. The number of hydrogen-bond donors (Lipinski definition) is 2. The summed E-state index contributed by atoms with van der Waals surface area (Å²) in [4.78, 5) is 24.6. The van der Waals surface area contributed by atoms with E-state index in [-0.39, 0.29) is 6.42 Å². The van der Waals surface area contributed by atoms with E-state index >= 15 is 0 Å². The van der Waals surface area contributed by atoms with Crippen molar-refractivity contribution in [3.8, 4) is 0 Å². The number of benzene rings is 3. The van der Waals surface area contributed by atoms with Gasteiger partial charge in [0.1, 0.15) is 6.04 Å². The van der Waals surface area contributed by atoms with Crippen molar-refractivity contribution >= 4 is 22.6 Å². The quantitative estimate of drug-likeness (QED) is 0.661. The third-order valence-corrected chi connectivity index (χ3v) is 4.42. The molecule has 3 aromatic carbocycles. The number of esters is 1. The number of methoxy groups -OCH3 is 1. The monoisotopic (exact) mass is 363 g/mol. The van der Waals surface area contributed by atoms with Crippen molar-refractivity contribution in [3.63, 3.8) is 0 Å². The molecule has 0 saturated carbocycles. The smallest absolute Gasteiger partial charge is 0.328 e. The van der Waals surface area contributed by atoms with E-state index in [9.17, 15) is 14.7 Å². The first-order valence-corrected chi connectivity index (χ1v) is 8.67. The first-order chi connectivity index (χ1) is 13.1. The molecule has 0 heterocycles. The molecule has 2 N–H and O–H groups in total. The Balaban J connectivity index is 1.77. The molecule has 3 aromatic rings. The predicted octanol–water partition coefficient (Wildman–Crippen LogP) is 2.77. The fraction of sp³-hybridized carbons (Fsp3) is 0.182. The van der Waals surface area contributed by atoms with Gasteiger partial charge in [-0.15, -0.1) is 0 Å². The van der Waals surface area contributed by atoms with Crippen LogP contribution in [0, 0.1) is 0 Å². The summed E-state index contributed by atoms with van der Waals surface area (Å²) in [6, 6.07) is 21.5. The van der Waals surface area contributed by atoms with Crippen molar-refractivity contribution in [2.75, 3.05) is 7.11 Å². The molecule has 138 valence electrons. The van der Waals surface area contributed by atoms with Crippen LogP contribution in [0.2, 0.25) is 0 Å². The predicted molar refractivity (Wildman–Crippen MR) is 103 cm³/mol. The minimum absolute atomic E-state index is 0.269. The lowest BCUT2D eigenvalue weighted by Crippen LogP contribution is -2.45. The number of hydrogen-bond acceptors (Lipinski definition) is 4. The highest BCUT2D eigenvalue weighted by atomic mass is 16.5. The standard InChI is InChI=1S/C22H21NO4/c1-27-22(26)19(23-21(25)20(24)17-8-3-2-4-9-17)14-15-11-12-16-7-5-6-10-18(16)13-15/h2-13,19-20,24H,14H2,1H3,(H,23,25)/t19-,20-/m0/s1. The van der Waals surface area contributed by atoms with Gasteiger partial charge in [-0.3, -0.25) is 4.79 Å². The zero-order valence-corrected chi connectivity index (χ0v) is 15.0. The topological polar surface area (TPSA) is 75.6 Å². The van der Waals surface area contributed by atoms with Crippen molar-refractivity contribution in [1.29, 1.82) is 0 Å². The molecular formula is C22H21NO4. The van der Waals surface area contributed by atoms with E-state index in [2.05, 4.69) is 5.32 Å². The zero-order chi connectivity index (χ0) is 19.2. The molecule has 5 nitrogen and oxygen atoms in total. The van der Waals surface area contributed by atoms with Gasteiger partial charge in [-0.1, -0.05) is 72.8 Å². The summed E-state index contributed by atoms with van der Waals surface area (Å²) in [6.45, 7) is 0. The molecule has 0 radical (unpaired) electrons. The van der Waals surface area contributed by atoms with Crippen molar-refractivity contribution in [3.05, 3.63) is 83.9 Å². The van der Waals surface area contributed by atoms with Gasteiger partial charge >= 0.3 is 5.97 Å². The number of rotatable bonds is 6. The Morgan fingerprint density at radius 1 is 0.963 bits per heavy atom. The number of aliphatic hydroxyl groups is 1. The fourth-order valence-corrected chi connectivity index (χ4v) is 2.97. The van der Waals surface area contributed by atoms with Crippen molar-refractivity contribution in [1.82, 2.24) is 5.32 Å². The maximum absolute atomic E-state index is 12.4. The maximum Gasteiger partial charge on any atom is 0.328 e. The Morgan fingerprint density at radius 3 is 2.33 bits per heavy atom. The van der Waals surface area contributed by atoms with Crippen LogP contribution in [0.25, 0.3) is 10.8 Å². The lowest BCUT2D eigenvalue weighted by molar-refractivity contribution is -0.146. The van der Waals surface area contributed by atoms with Crippen LogP contribution in [0.4, 0.5) is 0 Å². The van der Waals surface area contributed by atoms with Crippen LogP contribution in [0.3, 0.4) is 0 Å². The average molecular weight is 363 g/mol. The van der Waals surface area contributed by atoms with Crippen LogP contribution in [-0.2, 0) is 20.7 Å². The second-order valence-electron chi connectivity index (χ2n) is 6.28. The van der Waals surface area contributed by atoms with Crippen LogP contribution in [0.1, 0.15) is 17.2 Å². The first kappa shape index (κ1) is 18.6. The Hall–Kier alpha value is -3.18. The number of amides is 1. The minimum atomic E-state index is -1.35. The van der Waals surface area contributed by atoms with E-state index in [1.807, 2.05) is 42.5 Å². The van der Waals surface area contributed by atoms with E-state index in [1.54, 1.807) is 30.3 Å². The first-order valence-electron chi connectivity index (χ1n) is 8.67. The Bertz CT molecular complexity index is 939. The van der Waals surface area contributed by atoms with Gasteiger partial charge in [0.25, 0.3) is 5.91 Å². The van der Waals surface area contributed by atoms with E-state index in [4.69, 9.17) is 4.74 Å². The second kappa shape index (κ2) is 8.47. The van der Waals surface area contributed by atoms with Gasteiger partial charge < -0.3 is 15.2 Å². The highest BCUT2D eigenvalue weighted by Crippen LogP contribution is 2.18. The van der Waals surface area contributed by atoms with Gasteiger partial charge in [-0.05, 0) is 21.9 Å². The maximum atomic E-state index is 12.4. The number of carbonyl (C=O) groups is 2. The molecule has 1 amide bonds. The molecule has 0 unspecified atom stereocenters. The molecular weight excluding hydrogens is 342 g/mol. The van der Waals surface area contributed by atoms with Crippen molar-refractivity contribution in [2.24, 2.45) is 0 Å². The molecule has 5 heteroatoms. The summed E-state index contributed by atoms with van der Waals surface area (Å²) in [5.41, 5.74) is 1.35. The molecule has 0 aliphatic heterocycles. The number of nitrogens with one attached hydrogen (secondary N) is 1. The molecule has 0 aliphatic rings. The van der Waals surface area contributed by atoms with Crippen LogP contribution in [0.5, 0.6) is 0 Å². The van der Waals surface area contributed by atoms with Crippen LogP contribution in [0.15, 0.2) is 72.8 Å². The largest absolute Gasteiger partial charge is 0.467 e. The summed E-state index contributed by atoms with van der Waals surface area (Å²) in [7, 11) is 1.27. The molecule has 3 rings (SSSR count). The normalized spacial score (nSPS) is 13.0. The van der Waals surface area contributed by atoms with Gasteiger partial charge in [0.2, 0.25) is 0 Å². The summed E-state index contributed by atoms with van der Waals surface area (Å²) in [6.07, 6.45) is -1.08. The van der Waals surface area contributed by atoms with Gasteiger partial charge in [-0.2, -0.15) is 0 Å². The number of carbonyl (C=O) groups excluding carboxylic acids is 2. The second-order valence-corrected chi connectivity index (χ2v) is 6.28. The third kappa shape index (κ3) is 4.51. The molecule has 0 aliphatic carbocycles. The van der Waals surface area contributed by atoms with Crippen molar-refractivity contribution in [2.45, 2.75) is 18.6 Å². The molecule has 0 fully saturated rings. The summed E-state index contributed by atoms with van der Waals surface area (Å²) in [5, 5.41) is 15.0. The molecule has 0 saturated heterocycles. The average Bonchev–Trinajstić information content (AvgIpc) is 2.72. The summed E-state index contributed by atoms with van der Waals surface area (Å²) < 4.78 is 4.82. The molecule has 0 spiro atoms. The van der Waals surface area contributed by atoms with Crippen LogP contribution >= 0.6 is 0 Å². The number of fused-ring (bicyclic) bond motifs is 1. The van der Waals surface area contributed by atoms with Crippen LogP contribution < -0.4 is 5.32 Å². The molecule has 0 aromatic heterocycles. The Morgan fingerprint density at radius 2 is 1.63 bits per heavy atom. The molecule has 2 atom stereocenters. The number of aliphatic hydroxyl groups excluding tert-OH is 1. The lowest BCUT2D eigenvalue weighted by Gasteiger charge is -2.19. The summed E-state index contributed by atoms with van der Waals surface area (Å²) in [5.74, 6) is -1.20. The Kier molecular flexibility index (Phi) is 5.84. The van der Waals surface area contributed by atoms with Crippen LogP contribution in [-0.4, -0.2) is 30.1 Å².